The van der Waals surface area contributed by atoms with Gasteiger partial charge in [-0.2, -0.15) is 0 Å². The minimum absolute atomic E-state index is 0.116. The number of aliphatic hydroxyl groups excluding tert-OH is 2. The van der Waals surface area contributed by atoms with Gasteiger partial charge < -0.3 is 14.9 Å². The zero-order chi connectivity index (χ0) is 15.8. The summed E-state index contributed by atoms with van der Waals surface area (Å²) >= 11 is 0. The van der Waals surface area contributed by atoms with Gasteiger partial charge in [0.1, 0.15) is 18.5 Å². The SMILES string of the molecule is C/C=C\C(OCC(O)c1ccc(C(C)C)cc1)=C(\O)CC. The summed E-state index contributed by atoms with van der Waals surface area (Å²) in [4.78, 5) is 0. The second kappa shape index (κ2) is 8.53. The van der Waals surface area contributed by atoms with Crippen LogP contribution >= 0.6 is 0 Å². The van der Waals surface area contributed by atoms with Gasteiger partial charge in [-0.05, 0) is 30.0 Å². The highest BCUT2D eigenvalue weighted by molar-refractivity contribution is 5.26. The molecule has 0 amide bonds. The molecule has 0 radical (unpaired) electrons. The molecule has 1 atom stereocenters. The normalized spacial score (nSPS) is 14.4. The van der Waals surface area contributed by atoms with Gasteiger partial charge in [-0.15, -0.1) is 0 Å². The Labute approximate surface area is 127 Å². The number of benzene rings is 1. The van der Waals surface area contributed by atoms with Crippen LogP contribution in [0.3, 0.4) is 0 Å². The van der Waals surface area contributed by atoms with E-state index >= 15 is 0 Å². The van der Waals surface area contributed by atoms with Crippen molar-refractivity contribution in [3.8, 4) is 0 Å². The van der Waals surface area contributed by atoms with Crippen LogP contribution in [0.1, 0.15) is 57.3 Å². The Kier molecular flexibility index (Phi) is 7.03. The van der Waals surface area contributed by atoms with Gasteiger partial charge in [0, 0.05) is 6.42 Å². The Balaban J connectivity index is 2.70. The number of ether oxygens (including phenoxy) is 1. The van der Waals surface area contributed by atoms with Crippen molar-refractivity contribution in [2.75, 3.05) is 6.61 Å². The predicted octanol–water partition coefficient (Wildman–Crippen LogP) is 4.62. The van der Waals surface area contributed by atoms with Gasteiger partial charge in [-0.25, -0.2) is 0 Å². The molecule has 0 saturated heterocycles. The molecular weight excluding hydrogens is 264 g/mol. The van der Waals surface area contributed by atoms with Crippen LogP contribution in [0.4, 0.5) is 0 Å². The standard InChI is InChI=1S/C18H26O3/c1-5-7-18(16(19)6-2)21-12-17(20)15-10-8-14(9-11-15)13(3)4/h5,7-11,13,17,19-20H,6,12H2,1-4H3/b7-5-,18-16-. The molecule has 1 aromatic carbocycles. The lowest BCUT2D eigenvalue weighted by atomic mass is 10.0. The second-order valence-corrected chi connectivity index (χ2v) is 5.31. The minimum atomic E-state index is -0.712. The van der Waals surface area contributed by atoms with E-state index in [9.17, 15) is 10.2 Å². The van der Waals surface area contributed by atoms with Gasteiger partial charge in [0.25, 0.3) is 0 Å². The average Bonchev–Trinajstić information content (AvgIpc) is 2.50. The van der Waals surface area contributed by atoms with E-state index in [1.807, 2.05) is 38.1 Å². The maximum Gasteiger partial charge on any atom is 0.156 e. The molecule has 1 rings (SSSR count). The third kappa shape index (κ3) is 5.27. The number of rotatable bonds is 7. The molecule has 0 aromatic heterocycles. The molecule has 0 heterocycles. The third-order valence-electron chi connectivity index (χ3n) is 3.32. The molecule has 116 valence electrons. The average molecular weight is 290 g/mol. The fraction of sp³-hybridized carbons (Fsp3) is 0.444. The molecule has 0 aliphatic carbocycles. The number of aliphatic hydroxyl groups is 2. The van der Waals surface area contributed by atoms with Crippen LogP contribution in [0, 0.1) is 0 Å². The van der Waals surface area contributed by atoms with Crippen molar-refractivity contribution in [2.24, 2.45) is 0 Å². The summed E-state index contributed by atoms with van der Waals surface area (Å²) in [6.07, 6.45) is 3.29. The van der Waals surface area contributed by atoms with E-state index in [1.54, 1.807) is 12.2 Å². The maximum atomic E-state index is 10.2. The van der Waals surface area contributed by atoms with Crippen molar-refractivity contribution in [1.82, 2.24) is 0 Å². The lowest BCUT2D eigenvalue weighted by Gasteiger charge is -2.15. The van der Waals surface area contributed by atoms with Gasteiger partial charge in [-0.3, -0.25) is 0 Å². The number of hydrogen-bond donors (Lipinski definition) is 2. The van der Waals surface area contributed by atoms with Crippen molar-refractivity contribution < 1.29 is 14.9 Å². The lowest BCUT2D eigenvalue weighted by Crippen LogP contribution is -2.08. The first-order valence-electron chi connectivity index (χ1n) is 7.45. The van der Waals surface area contributed by atoms with E-state index in [0.717, 1.165) is 5.56 Å². The summed E-state index contributed by atoms with van der Waals surface area (Å²) in [5.74, 6) is 1.08. The van der Waals surface area contributed by atoms with E-state index in [4.69, 9.17) is 4.74 Å². The van der Waals surface area contributed by atoms with Gasteiger partial charge in [0.15, 0.2) is 5.76 Å². The predicted molar refractivity (Wildman–Crippen MR) is 86.2 cm³/mol. The summed E-state index contributed by atoms with van der Waals surface area (Å²) in [5, 5.41) is 19.9. The minimum Gasteiger partial charge on any atom is -0.508 e. The number of allylic oxidation sites excluding steroid dienone is 3. The maximum absolute atomic E-state index is 10.2. The molecule has 2 N–H and O–H groups in total. The van der Waals surface area contributed by atoms with Gasteiger partial charge in [-0.1, -0.05) is 51.1 Å². The molecule has 0 saturated carbocycles. The van der Waals surface area contributed by atoms with Crippen molar-refractivity contribution >= 4 is 0 Å². The first kappa shape index (κ1) is 17.3. The molecule has 0 aliphatic heterocycles. The highest BCUT2D eigenvalue weighted by atomic mass is 16.5. The summed E-state index contributed by atoms with van der Waals surface area (Å²) in [7, 11) is 0. The second-order valence-electron chi connectivity index (χ2n) is 5.31. The molecule has 1 aromatic rings. The van der Waals surface area contributed by atoms with E-state index in [-0.39, 0.29) is 12.4 Å². The van der Waals surface area contributed by atoms with Crippen LogP contribution in [0.15, 0.2) is 47.9 Å². The van der Waals surface area contributed by atoms with Crippen LogP contribution < -0.4 is 0 Å². The molecule has 1 unspecified atom stereocenters. The molecule has 0 fully saturated rings. The highest BCUT2D eigenvalue weighted by Crippen LogP contribution is 2.20. The van der Waals surface area contributed by atoms with Crippen molar-refractivity contribution in [3.05, 3.63) is 59.1 Å². The van der Waals surface area contributed by atoms with Crippen LogP contribution in [-0.2, 0) is 4.74 Å². The van der Waals surface area contributed by atoms with E-state index < -0.39 is 6.10 Å². The Morgan fingerprint density at radius 3 is 2.24 bits per heavy atom. The molecular formula is C18H26O3. The summed E-state index contributed by atoms with van der Waals surface area (Å²) in [6.45, 7) is 8.09. The fourth-order valence-electron chi connectivity index (χ4n) is 1.92. The number of hydrogen-bond acceptors (Lipinski definition) is 3. The van der Waals surface area contributed by atoms with E-state index in [1.165, 1.54) is 5.56 Å². The summed E-state index contributed by atoms with van der Waals surface area (Å²) in [5.41, 5.74) is 2.06. The fourth-order valence-corrected chi connectivity index (χ4v) is 1.92. The Morgan fingerprint density at radius 1 is 1.19 bits per heavy atom. The largest absolute Gasteiger partial charge is 0.508 e. The Hall–Kier alpha value is -1.74. The van der Waals surface area contributed by atoms with Crippen molar-refractivity contribution in [3.63, 3.8) is 0 Å². The van der Waals surface area contributed by atoms with Gasteiger partial charge in [0.05, 0.1) is 0 Å². The Morgan fingerprint density at radius 2 is 1.76 bits per heavy atom. The molecule has 0 aliphatic rings. The molecule has 0 bridgehead atoms. The van der Waals surface area contributed by atoms with Crippen molar-refractivity contribution in [2.45, 2.75) is 46.1 Å². The molecule has 3 nitrogen and oxygen atoms in total. The third-order valence-corrected chi connectivity index (χ3v) is 3.32. The van der Waals surface area contributed by atoms with Crippen LogP contribution in [0.2, 0.25) is 0 Å². The summed E-state index contributed by atoms with van der Waals surface area (Å²) in [6, 6.07) is 7.88. The first-order valence-corrected chi connectivity index (χ1v) is 7.45. The van der Waals surface area contributed by atoms with E-state index in [0.29, 0.717) is 18.1 Å². The molecule has 3 heteroatoms. The van der Waals surface area contributed by atoms with Crippen molar-refractivity contribution in [1.29, 1.82) is 0 Å². The van der Waals surface area contributed by atoms with Crippen LogP contribution in [0.25, 0.3) is 0 Å². The molecule has 0 spiro atoms. The zero-order valence-corrected chi connectivity index (χ0v) is 13.3. The monoisotopic (exact) mass is 290 g/mol. The van der Waals surface area contributed by atoms with Gasteiger partial charge in [0.2, 0.25) is 0 Å². The molecule has 21 heavy (non-hydrogen) atoms. The van der Waals surface area contributed by atoms with Gasteiger partial charge >= 0.3 is 0 Å². The summed E-state index contributed by atoms with van der Waals surface area (Å²) < 4.78 is 5.52. The van der Waals surface area contributed by atoms with Crippen LogP contribution in [-0.4, -0.2) is 16.8 Å². The first-order chi connectivity index (χ1) is 9.99. The lowest BCUT2D eigenvalue weighted by molar-refractivity contribution is 0.0704. The topological polar surface area (TPSA) is 49.7 Å². The van der Waals surface area contributed by atoms with Crippen LogP contribution in [0.5, 0.6) is 0 Å². The highest BCUT2D eigenvalue weighted by Gasteiger charge is 2.11. The van der Waals surface area contributed by atoms with E-state index in [2.05, 4.69) is 13.8 Å². The zero-order valence-electron chi connectivity index (χ0n) is 13.3. The smallest absolute Gasteiger partial charge is 0.156 e. The quantitative estimate of drug-likeness (QED) is 0.569. The Bertz CT molecular complexity index is 484.